The second-order valence-electron chi connectivity index (χ2n) is 7.81. The van der Waals surface area contributed by atoms with E-state index < -0.39 is 59.5 Å². The van der Waals surface area contributed by atoms with Crippen LogP contribution in [0.1, 0.15) is 35.3 Å². The van der Waals surface area contributed by atoms with Gasteiger partial charge in [0.1, 0.15) is 11.4 Å². The maximum absolute atomic E-state index is 13.0. The number of benzene rings is 1. The first-order valence-corrected chi connectivity index (χ1v) is 9.05. The number of Topliss-reactive ketones (excluding diaryl/α,β-unsaturated/α-hetero) is 2. The molecule has 2 unspecified atom stereocenters. The number of hydrogen-bond donors (Lipinski definition) is 6. The number of primary amides is 1. The summed E-state index contributed by atoms with van der Waals surface area (Å²) >= 11 is 0. The van der Waals surface area contributed by atoms with E-state index in [1.54, 1.807) is 6.07 Å². The average molecular weight is 399 g/mol. The van der Waals surface area contributed by atoms with Gasteiger partial charge >= 0.3 is 0 Å². The molecule has 1 fully saturated rings. The number of rotatable bonds is 1. The molecule has 150 valence electrons. The molecule has 0 saturated heterocycles. The van der Waals surface area contributed by atoms with Gasteiger partial charge in [0.2, 0.25) is 5.91 Å². The first-order chi connectivity index (χ1) is 13.7. The summed E-state index contributed by atoms with van der Waals surface area (Å²) in [7, 11) is 0. The van der Waals surface area contributed by atoms with Gasteiger partial charge in [0.15, 0.2) is 23.1 Å². The highest BCUT2D eigenvalue weighted by atomic mass is 16.3. The number of nitrogens with two attached hydrogens (primary N) is 1. The third-order valence-corrected chi connectivity index (χ3v) is 6.47. The van der Waals surface area contributed by atoms with E-state index in [-0.39, 0.29) is 28.3 Å². The van der Waals surface area contributed by atoms with E-state index in [1.807, 2.05) is 0 Å². The fraction of sp³-hybridized carbons (Fsp3) is 0.368. The summed E-state index contributed by atoms with van der Waals surface area (Å²) in [4.78, 5) is 37.1. The molecule has 3 aliphatic rings. The lowest BCUT2D eigenvalue weighted by Crippen LogP contribution is -2.63. The van der Waals surface area contributed by atoms with Crippen molar-refractivity contribution in [2.24, 2.45) is 17.6 Å². The summed E-state index contributed by atoms with van der Waals surface area (Å²) in [5, 5.41) is 50.4. The minimum atomic E-state index is -2.41. The molecule has 10 heteroatoms. The number of fused-ring (bicyclic) bond motifs is 4. The molecule has 1 heterocycles. The van der Waals surface area contributed by atoms with E-state index in [0.29, 0.717) is 5.56 Å². The smallest absolute Gasteiger partial charge is 0.235 e. The number of nitrogens with one attached hydrogen (secondary N) is 1. The van der Waals surface area contributed by atoms with Gasteiger partial charge in [-0.1, -0.05) is 12.1 Å². The van der Waals surface area contributed by atoms with Crippen LogP contribution in [0.2, 0.25) is 0 Å². The van der Waals surface area contributed by atoms with Crippen LogP contribution in [-0.2, 0) is 20.0 Å². The third kappa shape index (κ3) is 1.95. The molecule has 7 N–H and O–H groups in total. The summed E-state index contributed by atoms with van der Waals surface area (Å²) in [5.74, 6) is -7.40. The number of phenolic OH excluding ortho intramolecular Hbond substituents is 1. The molecule has 6 atom stereocenters. The number of hydrogen-bond acceptors (Lipinski definition) is 8. The van der Waals surface area contributed by atoms with Crippen LogP contribution in [-0.4, -0.2) is 54.2 Å². The van der Waals surface area contributed by atoms with Gasteiger partial charge in [-0.15, -0.1) is 0 Å². The summed E-state index contributed by atoms with van der Waals surface area (Å²) in [6, 6.07) is 4.51. The molecule has 0 bridgehead atoms. The minimum absolute atomic E-state index is 0.107. The lowest BCUT2D eigenvalue weighted by molar-refractivity contribution is -0.177. The van der Waals surface area contributed by atoms with Crippen molar-refractivity contribution in [3.05, 3.63) is 35.0 Å². The van der Waals surface area contributed by atoms with Crippen molar-refractivity contribution < 1.29 is 34.8 Å². The number of amides is 1. The second-order valence-corrected chi connectivity index (χ2v) is 7.81. The van der Waals surface area contributed by atoms with Crippen molar-refractivity contribution in [1.82, 2.24) is 10.2 Å². The van der Waals surface area contributed by atoms with Crippen LogP contribution < -0.4 is 5.73 Å². The van der Waals surface area contributed by atoms with Gasteiger partial charge in [-0.05, 0) is 11.6 Å². The summed E-state index contributed by atoms with van der Waals surface area (Å²) in [6.45, 7) is 0. The SMILES string of the molecule is NC(=O)C1C(=O)C[C@@H]2[C@@H](O)[C@H]3c4c(n[nH]c4[C@]2(O)C1=O)-c1c(O)cccc1C3O. The first-order valence-electron chi connectivity index (χ1n) is 9.05. The second kappa shape index (κ2) is 5.50. The fourth-order valence-electron chi connectivity index (χ4n) is 5.17. The van der Waals surface area contributed by atoms with Gasteiger partial charge in [0.05, 0.1) is 17.9 Å². The number of nitrogens with zero attached hydrogens (tertiary/aromatic N) is 1. The predicted octanol–water partition coefficient (Wildman–Crippen LogP) is -1.27. The highest BCUT2D eigenvalue weighted by Crippen LogP contribution is 2.59. The van der Waals surface area contributed by atoms with Crippen LogP contribution in [0.4, 0.5) is 0 Å². The first kappa shape index (κ1) is 18.0. The zero-order valence-electron chi connectivity index (χ0n) is 14.9. The van der Waals surface area contributed by atoms with E-state index in [4.69, 9.17) is 5.73 Å². The zero-order chi connectivity index (χ0) is 20.8. The van der Waals surface area contributed by atoms with Crippen molar-refractivity contribution in [3.8, 4) is 17.0 Å². The van der Waals surface area contributed by atoms with Gasteiger partial charge in [0.25, 0.3) is 0 Å². The maximum atomic E-state index is 13.0. The van der Waals surface area contributed by atoms with Gasteiger partial charge in [0, 0.05) is 29.4 Å². The molecule has 2 aromatic rings. The van der Waals surface area contributed by atoms with E-state index in [2.05, 4.69) is 10.2 Å². The Balaban J connectivity index is 1.80. The predicted molar refractivity (Wildman–Crippen MR) is 94.1 cm³/mol. The van der Waals surface area contributed by atoms with Crippen molar-refractivity contribution in [2.45, 2.75) is 30.1 Å². The highest BCUT2D eigenvalue weighted by molar-refractivity contribution is 6.22. The summed E-state index contributed by atoms with van der Waals surface area (Å²) in [6.07, 6.45) is -3.24. The molecule has 1 saturated carbocycles. The van der Waals surface area contributed by atoms with E-state index in [0.717, 1.165) is 0 Å². The van der Waals surface area contributed by atoms with Crippen LogP contribution >= 0.6 is 0 Å². The number of aromatic nitrogens is 2. The number of aromatic amines is 1. The monoisotopic (exact) mass is 399 g/mol. The molecule has 3 aliphatic carbocycles. The minimum Gasteiger partial charge on any atom is -0.507 e. The van der Waals surface area contributed by atoms with Crippen molar-refractivity contribution in [3.63, 3.8) is 0 Å². The van der Waals surface area contributed by atoms with Gasteiger partial charge in [-0.25, -0.2) is 0 Å². The lowest BCUT2D eigenvalue weighted by atomic mass is 9.56. The Morgan fingerprint density at radius 3 is 2.69 bits per heavy atom. The molecule has 29 heavy (non-hydrogen) atoms. The summed E-state index contributed by atoms with van der Waals surface area (Å²) in [5.41, 5.74) is 3.58. The molecule has 0 spiro atoms. The largest absolute Gasteiger partial charge is 0.507 e. The van der Waals surface area contributed by atoms with Crippen molar-refractivity contribution >= 4 is 17.5 Å². The Bertz CT molecular complexity index is 1110. The highest BCUT2D eigenvalue weighted by Gasteiger charge is 2.65. The number of H-pyrrole nitrogens is 1. The van der Waals surface area contributed by atoms with Crippen LogP contribution in [0.5, 0.6) is 5.75 Å². The van der Waals surface area contributed by atoms with E-state index >= 15 is 0 Å². The Hall–Kier alpha value is -3.08. The van der Waals surface area contributed by atoms with Crippen LogP contribution in [0.25, 0.3) is 11.3 Å². The molecule has 0 aliphatic heterocycles. The normalized spacial score (nSPS) is 34.9. The van der Waals surface area contributed by atoms with E-state index in [1.165, 1.54) is 12.1 Å². The average Bonchev–Trinajstić information content (AvgIpc) is 3.09. The van der Waals surface area contributed by atoms with Crippen molar-refractivity contribution in [2.75, 3.05) is 0 Å². The Labute approximate surface area is 163 Å². The van der Waals surface area contributed by atoms with Crippen molar-refractivity contribution in [1.29, 1.82) is 0 Å². The number of aliphatic hydroxyl groups excluding tert-OH is 2. The fourth-order valence-corrected chi connectivity index (χ4v) is 5.17. The Kier molecular flexibility index (Phi) is 3.41. The quantitative estimate of drug-likeness (QED) is 0.320. The zero-order valence-corrected chi connectivity index (χ0v) is 14.9. The number of carbonyl (C=O) groups is 3. The number of phenols is 1. The number of aliphatic hydroxyl groups is 3. The molecular weight excluding hydrogens is 382 g/mol. The summed E-state index contributed by atoms with van der Waals surface area (Å²) < 4.78 is 0. The van der Waals surface area contributed by atoms with Crippen LogP contribution in [0.15, 0.2) is 18.2 Å². The molecule has 10 nitrogen and oxygen atoms in total. The molecule has 1 aromatic heterocycles. The lowest BCUT2D eigenvalue weighted by Gasteiger charge is -2.49. The molecule has 1 aromatic carbocycles. The van der Waals surface area contributed by atoms with Gasteiger partial charge in [-0.2, -0.15) is 5.10 Å². The van der Waals surface area contributed by atoms with Gasteiger partial charge < -0.3 is 26.2 Å². The van der Waals surface area contributed by atoms with E-state index in [9.17, 15) is 34.8 Å². The number of aromatic hydroxyl groups is 1. The number of ketones is 2. The standard InChI is InChI=1S/C19H17N3O7/c20-18(28)10-8(24)4-6-15(26)12-11-13(21-22-16(11)19(6,29)17(10)27)9-5(14(12)25)2-1-3-7(9)23/h1-3,6,10,12,14-15,23,25-26,29H,4H2,(H2,20,28)(H,21,22)/t6-,10?,12+,14?,15-,19+/m1/s1. The number of carbonyl (C=O) groups excluding carboxylic acids is 3. The molecule has 1 amide bonds. The van der Waals surface area contributed by atoms with Crippen LogP contribution in [0, 0.1) is 11.8 Å². The molecule has 0 radical (unpaired) electrons. The third-order valence-electron chi connectivity index (χ3n) is 6.47. The Morgan fingerprint density at radius 2 is 2.00 bits per heavy atom. The maximum Gasteiger partial charge on any atom is 0.235 e. The molecule has 5 rings (SSSR count). The topological polar surface area (TPSA) is 187 Å². The van der Waals surface area contributed by atoms with Crippen LogP contribution in [0.3, 0.4) is 0 Å². The Morgan fingerprint density at radius 1 is 1.28 bits per heavy atom. The molecular formula is C19H17N3O7. The van der Waals surface area contributed by atoms with Gasteiger partial charge in [-0.3, -0.25) is 19.5 Å².